The summed E-state index contributed by atoms with van der Waals surface area (Å²) in [6, 6.07) is 15.0. The van der Waals surface area contributed by atoms with E-state index in [1.807, 2.05) is 17.0 Å². The van der Waals surface area contributed by atoms with Crippen LogP contribution >= 0.6 is 0 Å². The van der Waals surface area contributed by atoms with Crippen molar-refractivity contribution >= 4 is 22.6 Å². The lowest BCUT2D eigenvalue weighted by atomic mass is 10.0. The molecule has 2 unspecified atom stereocenters. The van der Waals surface area contributed by atoms with Crippen LogP contribution < -0.4 is 0 Å². The van der Waals surface area contributed by atoms with Crippen molar-refractivity contribution in [2.45, 2.75) is 31.2 Å². The molecule has 6 nitrogen and oxygen atoms in total. The number of nitrogens with zero attached hydrogens (tertiary/aromatic N) is 3. The molecule has 2 aliphatic rings. The van der Waals surface area contributed by atoms with Gasteiger partial charge in [-0.1, -0.05) is 42.5 Å². The van der Waals surface area contributed by atoms with Crippen LogP contribution in [-0.2, 0) is 4.79 Å². The molecule has 2 aromatic carbocycles. The summed E-state index contributed by atoms with van der Waals surface area (Å²) >= 11 is 0. The number of aromatic carboxylic acids is 1. The first-order valence-corrected chi connectivity index (χ1v) is 10.1. The summed E-state index contributed by atoms with van der Waals surface area (Å²) in [6.45, 7) is 1.40. The molecule has 1 saturated heterocycles. The van der Waals surface area contributed by atoms with Crippen LogP contribution in [0.25, 0.3) is 10.8 Å². The molecule has 0 bridgehead atoms. The van der Waals surface area contributed by atoms with E-state index in [1.54, 1.807) is 10.9 Å². The van der Waals surface area contributed by atoms with E-state index in [4.69, 9.17) is 5.11 Å². The molecule has 1 aromatic heterocycles. The minimum Gasteiger partial charge on any atom is -0.478 e. The Labute approximate surface area is 168 Å². The van der Waals surface area contributed by atoms with E-state index in [0.717, 1.165) is 19.3 Å². The molecule has 29 heavy (non-hydrogen) atoms. The molecule has 1 N–H and O–H groups in total. The molecule has 3 aromatic rings. The SMILES string of the molecule is O=C(O)c1cnn(C2CCN(C(=O)C3CC3c3ccc4ccccc4c3)CC2)c1. The van der Waals surface area contributed by atoms with Crippen LogP contribution in [0.3, 0.4) is 0 Å². The second-order valence-electron chi connectivity index (χ2n) is 8.13. The Balaban J connectivity index is 1.20. The highest BCUT2D eigenvalue weighted by atomic mass is 16.4. The molecule has 2 atom stereocenters. The fourth-order valence-electron chi connectivity index (χ4n) is 4.51. The minimum absolute atomic E-state index is 0.0935. The Morgan fingerprint density at radius 3 is 2.52 bits per heavy atom. The molecule has 0 spiro atoms. The minimum atomic E-state index is -0.961. The Morgan fingerprint density at radius 1 is 1.03 bits per heavy atom. The number of aromatic nitrogens is 2. The average molecular weight is 389 g/mol. The first-order chi connectivity index (χ1) is 14.1. The van der Waals surface area contributed by atoms with Crippen LogP contribution in [0.2, 0.25) is 0 Å². The van der Waals surface area contributed by atoms with E-state index in [0.29, 0.717) is 19.0 Å². The summed E-state index contributed by atoms with van der Waals surface area (Å²) < 4.78 is 1.74. The van der Waals surface area contributed by atoms with Gasteiger partial charge in [0.15, 0.2) is 0 Å². The van der Waals surface area contributed by atoms with Crippen LogP contribution in [0, 0.1) is 5.92 Å². The number of carboxylic acid groups (broad SMARTS) is 1. The van der Waals surface area contributed by atoms with Crippen molar-refractivity contribution in [3.8, 4) is 0 Å². The lowest BCUT2D eigenvalue weighted by Gasteiger charge is -2.32. The van der Waals surface area contributed by atoms with Gasteiger partial charge in [0.05, 0.1) is 17.8 Å². The number of hydrogen-bond donors (Lipinski definition) is 1. The van der Waals surface area contributed by atoms with Gasteiger partial charge in [0.2, 0.25) is 5.91 Å². The third kappa shape index (κ3) is 3.39. The number of likely N-dealkylation sites (tertiary alicyclic amines) is 1. The van der Waals surface area contributed by atoms with Gasteiger partial charge in [0.1, 0.15) is 0 Å². The van der Waals surface area contributed by atoms with E-state index in [2.05, 4.69) is 35.4 Å². The zero-order valence-electron chi connectivity index (χ0n) is 16.1. The monoisotopic (exact) mass is 389 g/mol. The Kier molecular flexibility index (Phi) is 4.34. The number of amides is 1. The van der Waals surface area contributed by atoms with E-state index >= 15 is 0 Å². The molecule has 1 saturated carbocycles. The van der Waals surface area contributed by atoms with Gasteiger partial charge in [0, 0.05) is 25.2 Å². The summed E-state index contributed by atoms with van der Waals surface area (Å²) in [6.07, 6.45) is 5.51. The van der Waals surface area contributed by atoms with Crippen molar-refractivity contribution in [1.29, 1.82) is 0 Å². The number of fused-ring (bicyclic) bond motifs is 1. The molecule has 2 fully saturated rings. The molecule has 0 radical (unpaired) electrons. The number of hydrogen-bond acceptors (Lipinski definition) is 3. The number of carbonyl (C=O) groups is 2. The smallest absolute Gasteiger partial charge is 0.338 e. The van der Waals surface area contributed by atoms with Crippen molar-refractivity contribution in [2.75, 3.05) is 13.1 Å². The van der Waals surface area contributed by atoms with E-state index in [1.165, 1.54) is 22.5 Å². The van der Waals surface area contributed by atoms with Gasteiger partial charge in [-0.05, 0) is 41.5 Å². The lowest BCUT2D eigenvalue weighted by Crippen LogP contribution is -2.40. The number of rotatable bonds is 4. The van der Waals surface area contributed by atoms with Crippen LogP contribution in [0.4, 0.5) is 0 Å². The molecule has 1 amide bonds. The predicted octanol–water partition coefficient (Wildman–Crippen LogP) is 3.70. The van der Waals surface area contributed by atoms with Gasteiger partial charge in [-0.15, -0.1) is 0 Å². The predicted molar refractivity (Wildman–Crippen MR) is 109 cm³/mol. The summed E-state index contributed by atoms with van der Waals surface area (Å²) in [4.78, 5) is 26.0. The van der Waals surface area contributed by atoms with E-state index in [9.17, 15) is 9.59 Å². The molecule has 148 valence electrons. The summed E-state index contributed by atoms with van der Waals surface area (Å²) in [5, 5.41) is 15.7. The maximum atomic E-state index is 13.0. The van der Waals surface area contributed by atoms with Crippen LogP contribution in [0.5, 0.6) is 0 Å². The average Bonchev–Trinajstić information content (AvgIpc) is 3.40. The third-order valence-electron chi connectivity index (χ3n) is 6.31. The van der Waals surface area contributed by atoms with Gasteiger partial charge in [0.25, 0.3) is 0 Å². The summed E-state index contributed by atoms with van der Waals surface area (Å²) in [7, 11) is 0. The normalized spacial score (nSPS) is 22.0. The first kappa shape index (κ1) is 17.9. The van der Waals surface area contributed by atoms with Crippen molar-refractivity contribution in [3.63, 3.8) is 0 Å². The topological polar surface area (TPSA) is 75.4 Å². The fourth-order valence-corrected chi connectivity index (χ4v) is 4.51. The summed E-state index contributed by atoms with van der Waals surface area (Å²) in [5.74, 6) is -0.282. The highest BCUT2D eigenvalue weighted by molar-refractivity contribution is 5.87. The largest absolute Gasteiger partial charge is 0.478 e. The molecule has 1 aliphatic heterocycles. The Hall–Kier alpha value is -3.15. The Bertz CT molecular complexity index is 1080. The van der Waals surface area contributed by atoms with Crippen molar-refractivity contribution in [2.24, 2.45) is 5.92 Å². The first-order valence-electron chi connectivity index (χ1n) is 10.1. The highest BCUT2D eigenvalue weighted by Crippen LogP contribution is 2.49. The Morgan fingerprint density at radius 2 is 1.79 bits per heavy atom. The zero-order valence-corrected chi connectivity index (χ0v) is 16.1. The van der Waals surface area contributed by atoms with Crippen LogP contribution in [-0.4, -0.2) is 44.8 Å². The van der Waals surface area contributed by atoms with Gasteiger partial charge < -0.3 is 10.0 Å². The second-order valence-corrected chi connectivity index (χ2v) is 8.13. The van der Waals surface area contributed by atoms with Gasteiger partial charge in [-0.2, -0.15) is 5.10 Å². The van der Waals surface area contributed by atoms with Gasteiger partial charge >= 0.3 is 5.97 Å². The second kappa shape index (κ2) is 7.03. The molecule has 2 heterocycles. The fraction of sp³-hybridized carbons (Fsp3) is 0.348. The van der Waals surface area contributed by atoms with Crippen molar-refractivity contribution in [3.05, 3.63) is 66.0 Å². The molecule has 1 aliphatic carbocycles. The van der Waals surface area contributed by atoms with Crippen LogP contribution in [0.15, 0.2) is 54.9 Å². The van der Waals surface area contributed by atoms with Gasteiger partial charge in [-0.3, -0.25) is 9.48 Å². The highest BCUT2D eigenvalue weighted by Gasteiger charge is 2.46. The van der Waals surface area contributed by atoms with E-state index in [-0.39, 0.29) is 23.4 Å². The quantitative estimate of drug-likeness (QED) is 0.738. The standard InChI is InChI=1S/C23H23N3O3/c27-22(21-12-20(21)17-6-5-15-3-1-2-4-16(15)11-17)25-9-7-19(8-10-25)26-14-18(13-24-26)23(28)29/h1-6,11,13-14,19-21H,7-10,12H2,(H,28,29). The maximum absolute atomic E-state index is 13.0. The van der Waals surface area contributed by atoms with Gasteiger partial charge in [-0.25, -0.2) is 4.79 Å². The molecular formula is C23H23N3O3. The van der Waals surface area contributed by atoms with Crippen LogP contribution in [0.1, 0.15) is 47.1 Å². The zero-order chi connectivity index (χ0) is 20.0. The molecular weight excluding hydrogens is 366 g/mol. The third-order valence-corrected chi connectivity index (χ3v) is 6.31. The van der Waals surface area contributed by atoms with E-state index < -0.39 is 5.97 Å². The number of benzene rings is 2. The maximum Gasteiger partial charge on any atom is 0.338 e. The lowest BCUT2D eigenvalue weighted by molar-refractivity contribution is -0.134. The van der Waals surface area contributed by atoms with Crippen molar-refractivity contribution in [1.82, 2.24) is 14.7 Å². The van der Waals surface area contributed by atoms with Crippen molar-refractivity contribution < 1.29 is 14.7 Å². The number of piperidine rings is 1. The summed E-state index contributed by atoms with van der Waals surface area (Å²) in [5.41, 5.74) is 1.47. The molecule has 6 heteroatoms. The number of carbonyl (C=O) groups excluding carboxylic acids is 1. The molecule has 5 rings (SSSR count). The number of carboxylic acids is 1.